The first-order chi connectivity index (χ1) is 10.9. The molecule has 2 aromatic rings. The summed E-state index contributed by atoms with van der Waals surface area (Å²) in [7, 11) is 0. The lowest BCUT2D eigenvalue weighted by Gasteiger charge is -2.30. The second-order valence-electron chi connectivity index (χ2n) is 6.77. The van der Waals surface area contributed by atoms with Crippen LogP contribution in [0.3, 0.4) is 0 Å². The third-order valence-electron chi connectivity index (χ3n) is 4.68. The van der Waals surface area contributed by atoms with Gasteiger partial charge in [0.1, 0.15) is 5.52 Å². The largest absolute Gasteiger partial charge is 0.388 e. The molecule has 2 atom stereocenters. The Balaban J connectivity index is 1.82. The molecule has 1 fully saturated rings. The number of hydrogen-bond acceptors (Lipinski definition) is 4. The summed E-state index contributed by atoms with van der Waals surface area (Å²) in [5.41, 5.74) is 1.73. The lowest BCUT2D eigenvalue weighted by molar-refractivity contribution is 0.0163. The number of hydrogen-bond donors (Lipinski definition) is 3. The minimum Gasteiger partial charge on any atom is -0.388 e. The molecular formula is C17H24N4O2. The molecule has 1 aliphatic carbocycles. The van der Waals surface area contributed by atoms with Crippen LogP contribution in [0.25, 0.3) is 11.2 Å². The molecule has 0 spiro atoms. The summed E-state index contributed by atoms with van der Waals surface area (Å²) < 4.78 is 0. The van der Waals surface area contributed by atoms with E-state index < -0.39 is 5.60 Å². The zero-order valence-corrected chi connectivity index (χ0v) is 13.9. The Morgan fingerprint density at radius 3 is 2.96 bits per heavy atom. The van der Waals surface area contributed by atoms with Crippen LogP contribution in [-0.2, 0) is 0 Å². The maximum absolute atomic E-state index is 12.6. The van der Waals surface area contributed by atoms with E-state index >= 15 is 0 Å². The van der Waals surface area contributed by atoms with Gasteiger partial charge in [-0.2, -0.15) is 0 Å². The van der Waals surface area contributed by atoms with Crippen LogP contribution in [0.5, 0.6) is 0 Å². The summed E-state index contributed by atoms with van der Waals surface area (Å²) in [6.45, 7) is 5.59. The van der Waals surface area contributed by atoms with Crippen molar-refractivity contribution in [2.24, 2.45) is 0 Å². The lowest BCUT2D eigenvalue weighted by Crippen LogP contribution is -2.49. The SMILES string of the molecule is CCC[C@@](C)(O)[C@@H](C)NC(=O)c1c[nH]c2ncc(C3CC3)nc12. The molecule has 6 heteroatoms. The van der Waals surface area contributed by atoms with Crippen LogP contribution in [0.1, 0.15) is 68.4 Å². The van der Waals surface area contributed by atoms with Crippen molar-refractivity contribution < 1.29 is 9.90 Å². The molecule has 3 N–H and O–H groups in total. The highest BCUT2D eigenvalue weighted by Gasteiger charge is 2.30. The second kappa shape index (κ2) is 5.92. The van der Waals surface area contributed by atoms with Crippen LogP contribution in [-0.4, -0.2) is 37.6 Å². The fraction of sp³-hybridized carbons (Fsp3) is 0.588. The third-order valence-corrected chi connectivity index (χ3v) is 4.68. The van der Waals surface area contributed by atoms with Crippen molar-refractivity contribution in [1.29, 1.82) is 0 Å². The Kier molecular flexibility index (Phi) is 4.10. The van der Waals surface area contributed by atoms with Crippen LogP contribution in [0, 0.1) is 0 Å². The number of aromatic amines is 1. The van der Waals surface area contributed by atoms with Crippen molar-refractivity contribution in [2.45, 2.75) is 64.0 Å². The number of nitrogens with zero attached hydrogens (tertiary/aromatic N) is 2. The van der Waals surface area contributed by atoms with E-state index in [-0.39, 0.29) is 11.9 Å². The van der Waals surface area contributed by atoms with E-state index in [1.165, 1.54) is 0 Å². The van der Waals surface area contributed by atoms with Crippen molar-refractivity contribution in [2.75, 3.05) is 0 Å². The summed E-state index contributed by atoms with van der Waals surface area (Å²) in [5.74, 6) is 0.254. The number of carbonyl (C=O) groups excluding carboxylic acids is 1. The van der Waals surface area contributed by atoms with Crippen LogP contribution in [0.2, 0.25) is 0 Å². The molecular weight excluding hydrogens is 292 g/mol. The van der Waals surface area contributed by atoms with E-state index in [0.717, 1.165) is 25.0 Å². The van der Waals surface area contributed by atoms with E-state index in [4.69, 9.17) is 0 Å². The minimum absolute atomic E-state index is 0.234. The molecule has 2 aromatic heterocycles. The van der Waals surface area contributed by atoms with Crippen molar-refractivity contribution in [3.05, 3.63) is 23.7 Å². The summed E-state index contributed by atoms with van der Waals surface area (Å²) in [6, 6.07) is -0.348. The van der Waals surface area contributed by atoms with Crippen LogP contribution in [0.15, 0.2) is 12.4 Å². The van der Waals surface area contributed by atoms with Gasteiger partial charge in [0, 0.05) is 12.1 Å². The topological polar surface area (TPSA) is 90.9 Å². The number of aliphatic hydroxyl groups is 1. The first-order valence-electron chi connectivity index (χ1n) is 8.29. The molecule has 0 unspecified atom stereocenters. The minimum atomic E-state index is -0.929. The quantitative estimate of drug-likeness (QED) is 0.763. The maximum Gasteiger partial charge on any atom is 0.255 e. The number of carbonyl (C=O) groups is 1. The van der Waals surface area contributed by atoms with Gasteiger partial charge in [-0.05, 0) is 33.1 Å². The molecule has 6 nitrogen and oxygen atoms in total. The lowest BCUT2D eigenvalue weighted by atomic mass is 9.92. The van der Waals surface area contributed by atoms with Crippen LogP contribution < -0.4 is 5.32 Å². The van der Waals surface area contributed by atoms with Crippen LogP contribution in [0.4, 0.5) is 0 Å². The molecule has 1 saturated carbocycles. The third kappa shape index (κ3) is 3.22. The number of nitrogens with one attached hydrogen (secondary N) is 2. The number of amides is 1. The standard InChI is InChI=1S/C17H24N4O2/c1-4-7-17(3,23)10(2)20-16(22)12-8-18-15-14(12)21-13(9-19-15)11-5-6-11/h8-11,23H,4-7H2,1-3H3,(H,18,19)(H,20,22)/t10-,17-/m1/s1. The maximum atomic E-state index is 12.6. The van der Waals surface area contributed by atoms with E-state index in [2.05, 4.69) is 20.3 Å². The van der Waals surface area contributed by atoms with Crippen molar-refractivity contribution >= 4 is 17.1 Å². The molecule has 0 aromatic carbocycles. The highest BCUT2D eigenvalue weighted by molar-refractivity contribution is 6.04. The predicted molar refractivity (Wildman–Crippen MR) is 88.3 cm³/mol. The molecule has 1 amide bonds. The van der Waals surface area contributed by atoms with Gasteiger partial charge >= 0.3 is 0 Å². The molecule has 23 heavy (non-hydrogen) atoms. The van der Waals surface area contributed by atoms with Gasteiger partial charge in [0.05, 0.1) is 29.1 Å². The zero-order chi connectivity index (χ0) is 16.6. The van der Waals surface area contributed by atoms with Crippen molar-refractivity contribution in [3.8, 4) is 0 Å². The van der Waals surface area contributed by atoms with E-state index in [1.807, 2.05) is 13.8 Å². The van der Waals surface area contributed by atoms with Gasteiger partial charge in [-0.25, -0.2) is 9.97 Å². The summed E-state index contributed by atoms with van der Waals surface area (Å²) >= 11 is 0. The molecule has 124 valence electrons. The van der Waals surface area contributed by atoms with Gasteiger partial charge in [0.25, 0.3) is 5.91 Å². The van der Waals surface area contributed by atoms with Gasteiger partial charge in [-0.1, -0.05) is 13.3 Å². The Morgan fingerprint density at radius 2 is 2.30 bits per heavy atom. The molecule has 2 heterocycles. The van der Waals surface area contributed by atoms with E-state index in [1.54, 1.807) is 19.3 Å². The van der Waals surface area contributed by atoms with Gasteiger partial charge in [-0.15, -0.1) is 0 Å². The highest BCUT2D eigenvalue weighted by Crippen LogP contribution is 2.39. The number of aromatic nitrogens is 3. The van der Waals surface area contributed by atoms with Crippen molar-refractivity contribution in [1.82, 2.24) is 20.3 Å². The average molecular weight is 316 g/mol. The summed E-state index contributed by atoms with van der Waals surface area (Å²) in [4.78, 5) is 24.5. The number of rotatable bonds is 6. The smallest absolute Gasteiger partial charge is 0.255 e. The molecule has 1 aliphatic rings. The highest BCUT2D eigenvalue weighted by atomic mass is 16.3. The van der Waals surface area contributed by atoms with Crippen molar-refractivity contribution in [3.63, 3.8) is 0 Å². The second-order valence-corrected chi connectivity index (χ2v) is 6.77. The zero-order valence-electron chi connectivity index (χ0n) is 13.9. The van der Waals surface area contributed by atoms with E-state index in [9.17, 15) is 9.90 Å². The summed E-state index contributed by atoms with van der Waals surface area (Å²) in [5, 5.41) is 13.3. The first-order valence-corrected chi connectivity index (χ1v) is 8.29. The Labute approximate surface area is 135 Å². The number of H-pyrrole nitrogens is 1. The fourth-order valence-corrected chi connectivity index (χ4v) is 2.81. The van der Waals surface area contributed by atoms with Gasteiger partial charge in [0.15, 0.2) is 5.65 Å². The fourth-order valence-electron chi connectivity index (χ4n) is 2.81. The molecule has 3 rings (SSSR count). The monoisotopic (exact) mass is 316 g/mol. The number of fused-ring (bicyclic) bond motifs is 1. The average Bonchev–Trinajstić information content (AvgIpc) is 3.26. The summed E-state index contributed by atoms with van der Waals surface area (Å²) in [6.07, 6.45) is 7.20. The van der Waals surface area contributed by atoms with Gasteiger partial charge in [-0.3, -0.25) is 4.79 Å². The molecule has 0 aliphatic heterocycles. The molecule has 0 bridgehead atoms. The van der Waals surface area contributed by atoms with Crippen LogP contribution >= 0.6 is 0 Å². The molecule has 0 saturated heterocycles. The van der Waals surface area contributed by atoms with Gasteiger partial charge < -0.3 is 15.4 Å². The predicted octanol–water partition coefficient (Wildman–Crippen LogP) is 2.50. The Bertz CT molecular complexity index is 718. The first kappa shape index (κ1) is 15.9. The Morgan fingerprint density at radius 1 is 1.57 bits per heavy atom. The Hall–Kier alpha value is -1.95. The normalized spacial score (nSPS) is 18.6. The molecule has 0 radical (unpaired) electrons. The van der Waals surface area contributed by atoms with E-state index in [0.29, 0.717) is 29.1 Å². The van der Waals surface area contributed by atoms with Gasteiger partial charge in [0.2, 0.25) is 0 Å².